The van der Waals surface area contributed by atoms with Crippen molar-refractivity contribution in [2.75, 3.05) is 37.8 Å². The van der Waals surface area contributed by atoms with Crippen LogP contribution in [0, 0.1) is 5.82 Å². The Morgan fingerprint density at radius 2 is 2.13 bits per heavy atom. The summed E-state index contributed by atoms with van der Waals surface area (Å²) in [7, 11) is 3.92. The minimum Gasteiger partial charge on any atom is -0.353 e. The van der Waals surface area contributed by atoms with Gasteiger partial charge in [0, 0.05) is 25.0 Å². The number of nitrogens with one attached hydrogen (secondary N) is 2. The molecule has 2 N–H and O–H groups in total. The number of amides is 1. The van der Waals surface area contributed by atoms with Crippen molar-refractivity contribution < 1.29 is 9.18 Å². The molecule has 2 aromatic rings. The molecule has 0 saturated carbocycles. The molecule has 1 aromatic heterocycles. The zero-order valence-corrected chi connectivity index (χ0v) is 13.6. The van der Waals surface area contributed by atoms with Gasteiger partial charge in [-0.2, -0.15) is 0 Å². The number of nitrogens with zero attached hydrogens (tertiary/aromatic N) is 3. The lowest BCUT2D eigenvalue weighted by Gasteiger charge is -2.11. The normalized spacial score (nSPS) is 10.7. The van der Waals surface area contributed by atoms with Crippen LogP contribution in [0.1, 0.15) is 10.5 Å². The van der Waals surface area contributed by atoms with Gasteiger partial charge in [0.1, 0.15) is 11.5 Å². The number of anilines is 2. The third kappa shape index (κ3) is 5.15. The van der Waals surface area contributed by atoms with E-state index in [1.807, 2.05) is 19.0 Å². The lowest BCUT2D eigenvalue weighted by atomic mass is 10.3. The first-order valence-corrected chi connectivity index (χ1v) is 7.31. The Morgan fingerprint density at radius 3 is 2.83 bits per heavy atom. The van der Waals surface area contributed by atoms with Crippen LogP contribution in [0.2, 0.25) is 5.02 Å². The van der Waals surface area contributed by atoms with Crippen molar-refractivity contribution in [1.82, 2.24) is 14.9 Å². The first-order valence-electron chi connectivity index (χ1n) is 6.94. The molecule has 0 aliphatic heterocycles. The van der Waals surface area contributed by atoms with Gasteiger partial charge in [0.15, 0.2) is 0 Å². The van der Waals surface area contributed by atoms with E-state index >= 15 is 0 Å². The number of rotatable bonds is 6. The lowest BCUT2D eigenvalue weighted by molar-refractivity contribution is 0.102. The Kier molecular flexibility index (Phi) is 5.84. The summed E-state index contributed by atoms with van der Waals surface area (Å²) < 4.78 is 13.1. The minimum atomic E-state index is -0.543. The topological polar surface area (TPSA) is 70.2 Å². The lowest BCUT2D eigenvalue weighted by Crippen LogP contribution is -2.22. The fourth-order valence-electron chi connectivity index (χ4n) is 1.73. The second-order valence-electron chi connectivity index (χ2n) is 5.08. The molecule has 0 spiro atoms. The maximum Gasteiger partial charge on any atom is 0.274 e. The van der Waals surface area contributed by atoms with Crippen LogP contribution < -0.4 is 10.6 Å². The molecule has 23 heavy (non-hydrogen) atoms. The predicted molar refractivity (Wildman–Crippen MR) is 88.4 cm³/mol. The molecule has 122 valence electrons. The van der Waals surface area contributed by atoms with E-state index < -0.39 is 11.7 Å². The van der Waals surface area contributed by atoms with Crippen LogP contribution in [0.4, 0.5) is 16.0 Å². The molecule has 0 radical (unpaired) electrons. The third-order valence-corrected chi connectivity index (χ3v) is 3.20. The third-order valence-electron chi connectivity index (χ3n) is 2.91. The monoisotopic (exact) mass is 337 g/mol. The Morgan fingerprint density at radius 1 is 1.35 bits per heavy atom. The van der Waals surface area contributed by atoms with E-state index in [0.717, 1.165) is 6.54 Å². The van der Waals surface area contributed by atoms with Crippen LogP contribution in [-0.2, 0) is 0 Å². The van der Waals surface area contributed by atoms with Crippen LogP contribution in [0.25, 0.3) is 0 Å². The minimum absolute atomic E-state index is 0.0588. The van der Waals surface area contributed by atoms with Gasteiger partial charge in [0.25, 0.3) is 5.91 Å². The van der Waals surface area contributed by atoms with Crippen molar-refractivity contribution in [2.24, 2.45) is 0 Å². The largest absolute Gasteiger partial charge is 0.353 e. The number of halogens is 2. The van der Waals surface area contributed by atoms with Crippen LogP contribution in [-0.4, -0.2) is 48.0 Å². The highest BCUT2D eigenvalue weighted by Gasteiger charge is 2.10. The molecule has 0 unspecified atom stereocenters. The van der Waals surface area contributed by atoms with E-state index in [1.165, 1.54) is 30.5 Å². The molecule has 1 amide bonds. The van der Waals surface area contributed by atoms with Gasteiger partial charge in [-0.15, -0.1) is 0 Å². The fraction of sp³-hybridized carbons (Fsp3) is 0.267. The summed E-state index contributed by atoms with van der Waals surface area (Å²) >= 11 is 5.69. The second kappa shape index (κ2) is 7.85. The van der Waals surface area contributed by atoms with Gasteiger partial charge in [-0.05, 0) is 38.4 Å². The highest BCUT2D eigenvalue weighted by atomic mass is 35.5. The standard InChI is InChI=1S/C15H17ClFN5O/c1-22(2)8-7-19-15-18-6-5-13(21-15)14(23)20-10-3-4-12(17)11(16)9-10/h3-6,9H,7-8H2,1-2H3,(H,20,23)(H,18,19,21). The number of hydrogen-bond acceptors (Lipinski definition) is 5. The van der Waals surface area contributed by atoms with Gasteiger partial charge in [-0.1, -0.05) is 11.6 Å². The van der Waals surface area contributed by atoms with Crippen LogP contribution in [0.5, 0.6) is 0 Å². The van der Waals surface area contributed by atoms with Gasteiger partial charge < -0.3 is 15.5 Å². The molecule has 2 rings (SSSR count). The van der Waals surface area contributed by atoms with E-state index in [1.54, 1.807) is 0 Å². The molecule has 0 atom stereocenters. The molecule has 8 heteroatoms. The summed E-state index contributed by atoms with van der Waals surface area (Å²) in [6, 6.07) is 5.45. The van der Waals surface area contributed by atoms with E-state index in [0.29, 0.717) is 18.2 Å². The van der Waals surface area contributed by atoms with Crippen LogP contribution in [0.15, 0.2) is 30.5 Å². The number of carbonyl (C=O) groups is 1. The molecule has 1 heterocycles. The van der Waals surface area contributed by atoms with E-state index in [4.69, 9.17) is 11.6 Å². The Labute approximate surface area is 138 Å². The Balaban J connectivity index is 2.02. The summed E-state index contributed by atoms with van der Waals surface area (Å²) in [5.74, 6) is -0.596. The zero-order valence-electron chi connectivity index (χ0n) is 12.8. The number of hydrogen-bond donors (Lipinski definition) is 2. The first kappa shape index (κ1) is 17.1. The summed E-state index contributed by atoms with van der Waals surface area (Å²) in [5.41, 5.74) is 0.593. The summed E-state index contributed by atoms with van der Waals surface area (Å²) in [6.07, 6.45) is 1.50. The SMILES string of the molecule is CN(C)CCNc1nccc(C(=O)Nc2ccc(F)c(Cl)c2)n1. The van der Waals surface area contributed by atoms with E-state index in [-0.39, 0.29) is 10.7 Å². The second-order valence-corrected chi connectivity index (χ2v) is 5.49. The number of benzene rings is 1. The number of aromatic nitrogens is 2. The number of carbonyl (C=O) groups excluding carboxylic acids is 1. The van der Waals surface area contributed by atoms with Crippen molar-refractivity contribution in [1.29, 1.82) is 0 Å². The Bertz CT molecular complexity index is 695. The molecule has 0 aliphatic carbocycles. The molecule has 6 nitrogen and oxygen atoms in total. The Hall–Kier alpha value is -2.25. The maximum absolute atomic E-state index is 13.1. The van der Waals surface area contributed by atoms with Crippen molar-refractivity contribution in [3.63, 3.8) is 0 Å². The van der Waals surface area contributed by atoms with Gasteiger partial charge in [-0.3, -0.25) is 4.79 Å². The van der Waals surface area contributed by atoms with E-state index in [2.05, 4.69) is 20.6 Å². The average Bonchev–Trinajstić information content (AvgIpc) is 2.51. The summed E-state index contributed by atoms with van der Waals surface area (Å²) in [5, 5.41) is 5.59. The van der Waals surface area contributed by atoms with Gasteiger partial charge in [0.2, 0.25) is 5.95 Å². The molecular weight excluding hydrogens is 321 g/mol. The molecule has 0 saturated heterocycles. The van der Waals surface area contributed by atoms with Crippen LogP contribution in [0.3, 0.4) is 0 Å². The summed E-state index contributed by atoms with van der Waals surface area (Å²) in [6.45, 7) is 1.47. The molecule has 0 bridgehead atoms. The predicted octanol–water partition coefficient (Wildman–Crippen LogP) is 2.49. The maximum atomic E-state index is 13.1. The average molecular weight is 338 g/mol. The van der Waals surface area contributed by atoms with Crippen LogP contribution >= 0.6 is 11.6 Å². The van der Waals surface area contributed by atoms with E-state index in [9.17, 15) is 9.18 Å². The van der Waals surface area contributed by atoms with Crippen molar-refractivity contribution >= 4 is 29.1 Å². The molecule has 1 aromatic carbocycles. The molecular formula is C15H17ClFN5O. The zero-order chi connectivity index (χ0) is 16.8. The highest BCUT2D eigenvalue weighted by molar-refractivity contribution is 6.31. The summed E-state index contributed by atoms with van der Waals surface area (Å²) in [4.78, 5) is 22.4. The fourth-order valence-corrected chi connectivity index (χ4v) is 1.91. The van der Waals surface area contributed by atoms with Gasteiger partial charge >= 0.3 is 0 Å². The van der Waals surface area contributed by atoms with Crippen molar-refractivity contribution in [3.8, 4) is 0 Å². The van der Waals surface area contributed by atoms with Crippen molar-refractivity contribution in [3.05, 3.63) is 47.0 Å². The smallest absolute Gasteiger partial charge is 0.274 e. The van der Waals surface area contributed by atoms with Gasteiger partial charge in [-0.25, -0.2) is 14.4 Å². The highest BCUT2D eigenvalue weighted by Crippen LogP contribution is 2.19. The molecule has 0 aliphatic rings. The molecule has 0 fully saturated rings. The quantitative estimate of drug-likeness (QED) is 0.847. The number of likely N-dealkylation sites (N-methyl/N-ethyl adjacent to an activating group) is 1. The van der Waals surface area contributed by atoms with Crippen molar-refractivity contribution in [2.45, 2.75) is 0 Å². The first-order chi connectivity index (χ1) is 11.0. The van der Waals surface area contributed by atoms with Gasteiger partial charge in [0.05, 0.1) is 5.02 Å².